The summed E-state index contributed by atoms with van der Waals surface area (Å²) in [6, 6.07) is 0. The maximum Gasteiger partial charge on any atom is 0.219 e. The summed E-state index contributed by atoms with van der Waals surface area (Å²) in [5.74, 6) is -0.102. The van der Waals surface area contributed by atoms with Gasteiger partial charge in [-0.05, 0) is 108 Å². The lowest BCUT2D eigenvalue weighted by molar-refractivity contribution is -0.375. The lowest BCUT2D eigenvalue weighted by Crippen LogP contribution is -2.74. The summed E-state index contributed by atoms with van der Waals surface area (Å²) in [6.45, 7) is 14.7. The molecule has 9 N–H and O–H groups in total. The Morgan fingerprint density at radius 3 is 2.13 bits per heavy atom. The molecule has 4 heterocycles. The second-order valence-electron chi connectivity index (χ2n) is 21.5. The SMILES string of the molecule is COC[C@H]1O[C@@H](OC(C)(C)[C@@H]2CC[C@@]3(C)C4CC[C@H](C5=C[C@]6(C)CC[C@@H](C(C)(C)O[C@@H]7O[C@H](CO)[C@@H](O)[C@H](O)[C@]7(O)NC(C)=O)O[C@H]6CC5)[C@@]4(C)C[C@@H](O)[C@H]3O2)[C@@H](O)[C@@H](O)[C@@H]1O. The molecule has 62 heavy (non-hydrogen) atoms. The summed E-state index contributed by atoms with van der Waals surface area (Å²) in [7, 11) is 1.46. The minimum absolute atomic E-state index is 0.0119. The van der Waals surface area contributed by atoms with Crippen LogP contribution in [-0.2, 0) is 38.0 Å². The maximum atomic E-state index is 12.1. The first-order chi connectivity index (χ1) is 28.8. The van der Waals surface area contributed by atoms with Gasteiger partial charge in [0.1, 0.15) is 42.7 Å². The van der Waals surface area contributed by atoms with E-state index < -0.39 is 109 Å². The van der Waals surface area contributed by atoms with Gasteiger partial charge in [0.05, 0.1) is 54.9 Å². The van der Waals surface area contributed by atoms with Gasteiger partial charge in [-0.15, -0.1) is 0 Å². The zero-order valence-electron chi connectivity index (χ0n) is 37.9. The summed E-state index contributed by atoms with van der Waals surface area (Å²) >= 11 is 0. The van der Waals surface area contributed by atoms with Gasteiger partial charge in [-0.1, -0.05) is 32.4 Å². The van der Waals surface area contributed by atoms with Crippen LogP contribution in [0.15, 0.2) is 11.6 Å². The van der Waals surface area contributed by atoms with Gasteiger partial charge in [0.2, 0.25) is 17.9 Å². The van der Waals surface area contributed by atoms with E-state index in [0.29, 0.717) is 25.2 Å². The van der Waals surface area contributed by atoms with E-state index in [1.54, 1.807) is 13.8 Å². The number of allylic oxidation sites excluding steroid dienone is 1. The molecule has 0 aromatic rings. The van der Waals surface area contributed by atoms with Crippen LogP contribution in [0.1, 0.15) is 113 Å². The van der Waals surface area contributed by atoms with E-state index in [4.69, 9.17) is 33.2 Å². The van der Waals surface area contributed by atoms with Gasteiger partial charge < -0.3 is 79.3 Å². The van der Waals surface area contributed by atoms with E-state index in [9.17, 15) is 45.6 Å². The molecule has 0 bridgehead atoms. The molecular weight excluding hydrogens is 810 g/mol. The van der Waals surface area contributed by atoms with Crippen molar-refractivity contribution >= 4 is 5.91 Å². The van der Waals surface area contributed by atoms with Crippen molar-refractivity contribution in [2.24, 2.45) is 28.1 Å². The Morgan fingerprint density at radius 1 is 0.806 bits per heavy atom. The summed E-state index contributed by atoms with van der Waals surface area (Å²) in [5.41, 5.74) is -3.88. The van der Waals surface area contributed by atoms with Crippen molar-refractivity contribution < 1.29 is 78.8 Å². The van der Waals surface area contributed by atoms with E-state index in [1.165, 1.54) is 12.7 Å². The molecule has 4 aliphatic heterocycles. The van der Waals surface area contributed by atoms with Gasteiger partial charge in [0.15, 0.2) is 6.29 Å². The largest absolute Gasteiger partial charge is 0.394 e. The monoisotopic (exact) mass is 886 g/mol. The molecule has 7 aliphatic rings. The van der Waals surface area contributed by atoms with Crippen molar-refractivity contribution in [3.8, 4) is 0 Å². The number of aliphatic hydroxyl groups is 8. The minimum atomic E-state index is -2.49. The Bertz CT molecular complexity index is 1650. The van der Waals surface area contributed by atoms with Crippen molar-refractivity contribution in [3.05, 3.63) is 11.6 Å². The van der Waals surface area contributed by atoms with Crippen molar-refractivity contribution in [1.82, 2.24) is 5.32 Å². The van der Waals surface area contributed by atoms with Crippen LogP contribution in [0.5, 0.6) is 0 Å². The number of amides is 1. The fraction of sp³-hybridized carbons (Fsp3) is 0.933. The van der Waals surface area contributed by atoms with Crippen LogP contribution in [0.25, 0.3) is 0 Å². The van der Waals surface area contributed by atoms with E-state index in [2.05, 4.69) is 32.2 Å². The summed E-state index contributed by atoms with van der Waals surface area (Å²) in [5, 5.41) is 88.8. The van der Waals surface area contributed by atoms with E-state index in [-0.39, 0.29) is 34.9 Å². The quantitative estimate of drug-likeness (QED) is 0.103. The van der Waals surface area contributed by atoms with Crippen LogP contribution < -0.4 is 5.32 Å². The van der Waals surface area contributed by atoms with Gasteiger partial charge in [-0.3, -0.25) is 4.79 Å². The zero-order chi connectivity index (χ0) is 45.5. The maximum absolute atomic E-state index is 12.1. The van der Waals surface area contributed by atoms with Crippen LogP contribution in [0, 0.1) is 28.1 Å². The number of ether oxygens (including phenoxy) is 7. The van der Waals surface area contributed by atoms with Crippen LogP contribution in [-0.4, -0.2) is 170 Å². The molecule has 20 atom stereocenters. The highest BCUT2D eigenvalue weighted by molar-refractivity contribution is 5.73. The Labute approximate surface area is 365 Å². The second kappa shape index (κ2) is 17.4. The average molecular weight is 886 g/mol. The highest BCUT2D eigenvalue weighted by Crippen LogP contribution is 2.67. The molecule has 7 rings (SSSR count). The standard InChI is InChI=1S/C45H75NO16/c1-22(48)46-45(55)36(54)33(51)26(20-47)58-39(45)62-41(4,5)29-14-16-42(6)18-23(10-13-31(42)59-29)24-11-12-28-43(7)17-15-30(60-37(43)25(49)19-44(24,28)8)40(2,3)61-38-35(53)34(52)32(50)27(57-38)21-56-9/h18,24-39,47,49-55H,10-17,19-21H2,1-9H3,(H,46,48)/t24-,25-,26-,27-,28?,29+,30+,31+,32-,33-,34+,35+,36+,37-,38+,39+,42+,43+,44-,45-/m1/s1. The zero-order valence-corrected chi connectivity index (χ0v) is 37.9. The summed E-state index contributed by atoms with van der Waals surface area (Å²) in [4.78, 5) is 12.1. The Kier molecular flexibility index (Phi) is 13.6. The molecule has 0 spiro atoms. The summed E-state index contributed by atoms with van der Waals surface area (Å²) in [6.07, 6.45) is -5.51. The molecular formula is C45H75NO16. The number of rotatable bonds is 11. The molecule has 3 aliphatic carbocycles. The molecule has 0 radical (unpaired) electrons. The first-order valence-electron chi connectivity index (χ1n) is 22.7. The van der Waals surface area contributed by atoms with Gasteiger partial charge in [-0.25, -0.2) is 0 Å². The lowest BCUT2D eigenvalue weighted by Gasteiger charge is -2.61. The van der Waals surface area contributed by atoms with Crippen LogP contribution >= 0.6 is 0 Å². The molecule has 6 fully saturated rings. The molecule has 2 saturated carbocycles. The fourth-order valence-electron chi connectivity index (χ4n) is 13.0. The van der Waals surface area contributed by atoms with Gasteiger partial charge in [-0.2, -0.15) is 0 Å². The highest BCUT2D eigenvalue weighted by Gasteiger charge is 2.65. The molecule has 0 aromatic carbocycles. The molecule has 356 valence electrons. The summed E-state index contributed by atoms with van der Waals surface area (Å²) < 4.78 is 43.2. The Hall–Kier alpha value is -1.39. The number of carbonyl (C=O) groups excluding carboxylic acids is 1. The topological polar surface area (TPSA) is 256 Å². The Balaban J connectivity index is 1.02. The highest BCUT2D eigenvalue weighted by atomic mass is 16.7. The third kappa shape index (κ3) is 8.35. The predicted octanol–water partition coefficient (Wildman–Crippen LogP) is 0.920. The smallest absolute Gasteiger partial charge is 0.219 e. The fourth-order valence-corrected chi connectivity index (χ4v) is 13.0. The van der Waals surface area contributed by atoms with Crippen LogP contribution in [0.4, 0.5) is 0 Å². The van der Waals surface area contributed by atoms with Gasteiger partial charge in [0.25, 0.3) is 0 Å². The molecule has 17 heteroatoms. The van der Waals surface area contributed by atoms with E-state index >= 15 is 0 Å². The number of hydrogen-bond donors (Lipinski definition) is 9. The first kappa shape index (κ1) is 48.5. The second-order valence-corrected chi connectivity index (χ2v) is 21.5. The number of nitrogens with one attached hydrogen (secondary N) is 1. The number of hydrogen-bond acceptors (Lipinski definition) is 16. The van der Waals surface area contributed by atoms with E-state index in [1.807, 2.05) is 13.8 Å². The van der Waals surface area contributed by atoms with E-state index in [0.717, 1.165) is 45.4 Å². The van der Waals surface area contributed by atoms with Gasteiger partial charge in [0, 0.05) is 19.4 Å². The lowest BCUT2D eigenvalue weighted by atomic mass is 9.50. The number of methoxy groups -OCH3 is 1. The third-order valence-electron chi connectivity index (χ3n) is 16.5. The molecule has 1 unspecified atom stereocenters. The molecule has 0 aromatic heterocycles. The number of fused-ring (bicyclic) bond motifs is 4. The van der Waals surface area contributed by atoms with Crippen molar-refractivity contribution in [3.63, 3.8) is 0 Å². The Morgan fingerprint density at radius 2 is 1.47 bits per heavy atom. The van der Waals surface area contributed by atoms with Crippen molar-refractivity contribution in [1.29, 1.82) is 0 Å². The first-order valence-corrected chi connectivity index (χ1v) is 22.7. The average Bonchev–Trinajstić information content (AvgIpc) is 3.55. The van der Waals surface area contributed by atoms with Crippen molar-refractivity contribution in [2.45, 2.75) is 216 Å². The van der Waals surface area contributed by atoms with Gasteiger partial charge >= 0.3 is 0 Å². The normalized spacial score (nSPS) is 49.9. The third-order valence-corrected chi connectivity index (χ3v) is 16.5. The molecule has 17 nitrogen and oxygen atoms in total. The number of carbonyl (C=O) groups is 1. The van der Waals surface area contributed by atoms with Crippen LogP contribution in [0.2, 0.25) is 0 Å². The minimum Gasteiger partial charge on any atom is -0.394 e. The predicted molar refractivity (Wildman–Crippen MR) is 220 cm³/mol. The molecule has 1 amide bonds. The number of aliphatic hydroxyl groups excluding tert-OH is 7. The van der Waals surface area contributed by atoms with Crippen molar-refractivity contribution in [2.75, 3.05) is 20.3 Å². The molecule has 4 saturated heterocycles. The van der Waals surface area contributed by atoms with Crippen LogP contribution in [0.3, 0.4) is 0 Å².